The van der Waals surface area contributed by atoms with Crippen molar-refractivity contribution >= 4 is 22.9 Å². The fraction of sp³-hybridized carbons (Fsp3) is 0.533. The van der Waals surface area contributed by atoms with E-state index in [0.717, 1.165) is 22.6 Å². The molecule has 0 aliphatic carbocycles. The Morgan fingerprint density at radius 3 is 2.50 bits per heavy atom. The molecular formula is C15H23N5O2. The number of nitrogens with one attached hydrogen (secondary N) is 1. The molecule has 0 aliphatic heterocycles. The molecule has 0 bridgehead atoms. The molecular weight excluding hydrogens is 282 g/mol. The predicted molar refractivity (Wildman–Crippen MR) is 85.5 cm³/mol. The number of amides is 1. The molecule has 0 radical (unpaired) electrons. The maximum absolute atomic E-state index is 11.8. The highest BCUT2D eigenvalue weighted by Crippen LogP contribution is 2.25. The van der Waals surface area contributed by atoms with E-state index in [1.54, 1.807) is 0 Å². The molecule has 0 saturated carbocycles. The number of carbonyl (C=O) groups excluding carboxylic acids is 1. The smallest absolute Gasteiger partial charge is 0.409 e. The number of imidazole rings is 1. The van der Waals surface area contributed by atoms with E-state index >= 15 is 0 Å². The molecule has 0 saturated heterocycles. The van der Waals surface area contributed by atoms with E-state index in [0.29, 0.717) is 11.3 Å². The summed E-state index contributed by atoms with van der Waals surface area (Å²) in [6, 6.07) is 0. The summed E-state index contributed by atoms with van der Waals surface area (Å²) in [5.41, 5.74) is 8.81. The topological polar surface area (TPSA) is 95.1 Å². The molecule has 2 aromatic heterocycles. The minimum Gasteiger partial charge on any atom is -0.444 e. The Labute approximate surface area is 129 Å². The first-order chi connectivity index (χ1) is 10.1. The molecule has 0 spiro atoms. The molecule has 1 amide bonds. The molecule has 2 rings (SSSR count). The number of ether oxygens (including phenoxy) is 1. The number of nitrogens with two attached hydrogens (primary N) is 1. The van der Waals surface area contributed by atoms with Crippen LogP contribution in [0.15, 0.2) is 0 Å². The number of aryl methyl sites for hydroxylation is 3. The van der Waals surface area contributed by atoms with Gasteiger partial charge in [-0.25, -0.2) is 14.8 Å². The fourth-order valence-corrected chi connectivity index (χ4v) is 2.26. The molecule has 2 heterocycles. The average molecular weight is 305 g/mol. The van der Waals surface area contributed by atoms with E-state index < -0.39 is 11.7 Å². The van der Waals surface area contributed by atoms with E-state index in [1.165, 1.54) is 0 Å². The SMILES string of the molecule is Cc1nc(N)c2nc(C)n(CNC(=O)OC(C)(C)C)c2c1C. The number of nitrogens with zero attached hydrogens (tertiary/aromatic N) is 3. The molecule has 7 nitrogen and oxygen atoms in total. The van der Waals surface area contributed by atoms with Crippen LogP contribution in [0.1, 0.15) is 37.9 Å². The van der Waals surface area contributed by atoms with Crippen molar-refractivity contribution in [1.29, 1.82) is 0 Å². The summed E-state index contributed by atoms with van der Waals surface area (Å²) >= 11 is 0. The second kappa shape index (κ2) is 5.47. The highest BCUT2D eigenvalue weighted by Gasteiger charge is 2.18. The van der Waals surface area contributed by atoms with Crippen LogP contribution in [0.25, 0.3) is 11.0 Å². The normalized spacial score (nSPS) is 11.7. The summed E-state index contributed by atoms with van der Waals surface area (Å²) in [7, 11) is 0. The molecule has 22 heavy (non-hydrogen) atoms. The number of anilines is 1. The van der Waals surface area contributed by atoms with Gasteiger partial charge in [-0.05, 0) is 47.1 Å². The van der Waals surface area contributed by atoms with E-state index in [-0.39, 0.29) is 6.67 Å². The Hall–Kier alpha value is -2.31. The highest BCUT2D eigenvalue weighted by atomic mass is 16.6. The zero-order chi connectivity index (χ0) is 16.7. The zero-order valence-corrected chi connectivity index (χ0v) is 13.9. The second-order valence-corrected chi connectivity index (χ2v) is 6.33. The molecule has 3 N–H and O–H groups in total. The zero-order valence-electron chi connectivity index (χ0n) is 13.9. The Bertz CT molecular complexity index is 728. The second-order valence-electron chi connectivity index (χ2n) is 6.33. The summed E-state index contributed by atoms with van der Waals surface area (Å²) in [5, 5.41) is 2.74. The van der Waals surface area contributed by atoms with Crippen molar-refractivity contribution in [2.75, 3.05) is 5.73 Å². The van der Waals surface area contributed by atoms with Gasteiger partial charge in [0.1, 0.15) is 16.9 Å². The summed E-state index contributed by atoms with van der Waals surface area (Å²) in [6.45, 7) is 11.5. The number of hydrogen-bond donors (Lipinski definition) is 2. The number of nitrogen functional groups attached to an aromatic ring is 1. The lowest BCUT2D eigenvalue weighted by Gasteiger charge is -2.20. The summed E-state index contributed by atoms with van der Waals surface area (Å²) in [4.78, 5) is 20.6. The van der Waals surface area contributed by atoms with Gasteiger partial charge in [-0.3, -0.25) is 0 Å². The van der Waals surface area contributed by atoms with E-state index in [1.807, 2.05) is 46.1 Å². The monoisotopic (exact) mass is 305 g/mol. The molecule has 0 atom stereocenters. The summed E-state index contributed by atoms with van der Waals surface area (Å²) < 4.78 is 7.15. The van der Waals surface area contributed by atoms with Gasteiger partial charge in [-0.1, -0.05) is 0 Å². The van der Waals surface area contributed by atoms with Crippen LogP contribution in [-0.4, -0.2) is 26.2 Å². The van der Waals surface area contributed by atoms with Gasteiger partial charge in [-0.2, -0.15) is 0 Å². The van der Waals surface area contributed by atoms with E-state index in [4.69, 9.17) is 10.5 Å². The maximum Gasteiger partial charge on any atom is 0.409 e. The van der Waals surface area contributed by atoms with Crippen LogP contribution < -0.4 is 11.1 Å². The third kappa shape index (κ3) is 3.13. The predicted octanol–water partition coefficient (Wildman–Crippen LogP) is 2.42. The van der Waals surface area contributed by atoms with Crippen LogP contribution in [0, 0.1) is 20.8 Å². The first kappa shape index (κ1) is 16.1. The third-order valence-corrected chi connectivity index (χ3v) is 3.37. The molecule has 2 aromatic rings. The average Bonchev–Trinajstić information content (AvgIpc) is 2.69. The number of carbonyl (C=O) groups is 1. The van der Waals surface area contributed by atoms with Crippen molar-refractivity contribution < 1.29 is 9.53 Å². The number of aromatic nitrogens is 3. The number of fused-ring (bicyclic) bond motifs is 1. The third-order valence-electron chi connectivity index (χ3n) is 3.37. The van der Waals surface area contributed by atoms with Crippen molar-refractivity contribution in [3.63, 3.8) is 0 Å². The number of alkyl carbamates (subject to hydrolysis) is 1. The number of pyridine rings is 1. The van der Waals surface area contributed by atoms with Crippen LogP contribution >= 0.6 is 0 Å². The van der Waals surface area contributed by atoms with Gasteiger partial charge in [0.15, 0.2) is 5.82 Å². The quantitative estimate of drug-likeness (QED) is 0.888. The van der Waals surface area contributed by atoms with E-state index in [2.05, 4.69) is 15.3 Å². The van der Waals surface area contributed by atoms with Crippen LogP contribution in [-0.2, 0) is 11.4 Å². The molecule has 0 unspecified atom stereocenters. The lowest BCUT2D eigenvalue weighted by molar-refractivity contribution is 0.0512. The summed E-state index contributed by atoms with van der Waals surface area (Å²) in [5.74, 6) is 1.16. The van der Waals surface area contributed by atoms with Gasteiger partial charge in [0.2, 0.25) is 0 Å². The molecule has 0 aromatic carbocycles. The molecule has 0 aliphatic rings. The standard InChI is InChI=1S/C15H23N5O2/c1-8-9(2)18-13(16)11-12(8)20(10(3)19-11)7-17-14(21)22-15(4,5)6/h7H2,1-6H3,(H2,16,18)(H,17,21). The fourth-order valence-electron chi connectivity index (χ4n) is 2.26. The number of rotatable bonds is 2. The minimum absolute atomic E-state index is 0.265. The van der Waals surface area contributed by atoms with Crippen molar-refractivity contribution in [1.82, 2.24) is 19.9 Å². The Balaban J connectivity index is 2.32. The number of hydrogen-bond acceptors (Lipinski definition) is 5. The van der Waals surface area contributed by atoms with Gasteiger partial charge in [0.25, 0.3) is 0 Å². The van der Waals surface area contributed by atoms with Crippen LogP contribution in [0.3, 0.4) is 0 Å². The Morgan fingerprint density at radius 2 is 1.91 bits per heavy atom. The largest absolute Gasteiger partial charge is 0.444 e. The van der Waals surface area contributed by atoms with Crippen molar-refractivity contribution in [3.8, 4) is 0 Å². The first-order valence-corrected chi connectivity index (χ1v) is 7.16. The summed E-state index contributed by atoms with van der Waals surface area (Å²) in [6.07, 6.45) is -0.467. The maximum atomic E-state index is 11.8. The van der Waals surface area contributed by atoms with Crippen molar-refractivity contribution in [3.05, 3.63) is 17.1 Å². The van der Waals surface area contributed by atoms with Gasteiger partial charge in [0, 0.05) is 5.69 Å². The molecule has 0 fully saturated rings. The lowest BCUT2D eigenvalue weighted by Crippen LogP contribution is -2.33. The lowest BCUT2D eigenvalue weighted by atomic mass is 10.2. The molecule has 120 valence electrons. The van der Waals surface area contributed by atoms with Crippen molar-refractivity contribution in [2.24, 2.45) is 0 Å². The Morgan fingerprint density at radius 1 is 1.27 bits per heavy atom. The van der Waals surface area contributed by atoms with Gasteiger partial charge >= 0.3 is 6.09 Å². The van der Waals surface area contributed by atoms with Crippen LogP contribution in [0.4, 0.5) is 10.6 Å². The highest BCUT2D eigenvalue weighted by molar-refractivity contribution is 5.88. The van der Waals surface area contributed by atoms with Gasteiger partial charge in [0.05, 0.1) is 12.2 Å². The van der Waals surface area contributed by atoms with Gasteiger partial charge < -0.3 is 20.4 Å². The van der Waals surface area contributed by atoms with Crippen LogP contribution in [0.5, 0.6) is 0 Å². The van der Waals surface area contributed by atoms with Crippen LogP contribution in [0.2, 0.25) is 0 Å². The Kier molecular flexibility index (Phi) is 4.00. The minimum atomic E-state index is -0.531. The van der Waals surface area contributed by atoms with Gasteiger partial charge in [-0.15, -0.1) is 0 Å². The first-order valence-electron chi connectivity index (χ1n) is 7.16. The molecule has 7 heteroatoms. The van der Waals surface area contributed by atoms with E-state index in [9.17, 15) is 4.79 Å². The van der Waals surface area contributed by atoms with Crippen molar-refractivity contribution in [2.45, 2.75) is 53.8 Å².